The summed E-state index contributed by atoms with van der Waals surface area (Å²) in [4.78, 5) is 18.4. The molecular formula is C29H33FN2O4S. The van der Waals surface area contributed by atoms with Crippen molar-refractivity contribution >= 4 is 17.2 Å². The van der Waals surface area contributed by atoms with Gasteiger partial charge in [-0.05, 0) is 41.1 Å². The van der Waals surface area contributed by atoms with Gasteiger partial charge in [0.25, 0.3) is 0 Å². The number of hydrogen-bond donors (Lipinski definition) is 1. The van der Waals surface area contributed by atoms with Gasteiger partial charge in [0.2, 0.25) is 5.91 Å². The summed E-state index contributed by atoms with van der Waals surface area (Å²) < 4.78 is 25.2. The van der Waals surface area contributed by atoms with E-state index in [1.165, 1.54) is 17.0 Å². The second-order valence-corrected chi connectivity index (χ2v) is 10.1. The second kappa shape index (κ2) is 13.5. The highest BCUT2D eigenvalue weighted by Crippen LogP contribution is 2.34. The van der Waals surface area contributed by atoms with E-state index in [1.807, 2.05) is 51.6 Å². The molecule has 196 valence electrons. The van der Waals surface area contributed by atoms with Crippen LogP contribution < -0.4 is 4.74 Å². The molecule has 0 unspecified atom stereocenters. The van der Waals surface area contributed by atoms with Crippen LogP contribution in [0.4, 0.5) is 4.39 Å². The minimum absolute atomic E-state index is 0.0519. The molecule has 1 N–H and O–H groups in total. The zero-order valence-electron chi connectivity index (χ0n) is 20.8. The number of rotatable bonds is 13. The number of carbonyl (C=O) groups is 1. The molecule has 2 heterocycles. The highest BCUT2D eigenvalue weighted by atomic mass is 32.1. The van der Waals surface area contributed by atoms with Crippen LogP contribution in [0.3, 0.4) is 0 Å². The topological polar surface area (TPSA) is 62.2 Å². The highest BCUT2D eigenvalue weighted by molar-refractivity contribution is 7.10. The molecule has 0 radical (unpaired) electrons. The first-order valence-corrected chi connectivity index (χ1v) is 13.3. The standard InChI is InChI=1S/C29H33FN2O4S/c1-2-13-31(17-24(33)20-35-19-22-7-4-3-5-8-22)18-29(34)32-14-11-28-26(12-15-37-28)27(32)21-36-25-10-6-9-23(30)16-25/h2-10,12,15-16,24,27,33H,1,11,13-14,17-21H2/t24-,27-/m1/s1. The lowest BCUT2D eigenvalue weighted by molar-refractivity contribution is -0.136. The maximum absolute atomic E-state index is 13.6. The van der Waals surface area contributed by atoms with Crippen LogP contribution in [-0.2, 0) is 22.6 Å². The van der Waals surface area contributed by atoms with E-state index in [9.17, 15) is 14.3 Å². The monoisotopic (exact) mass is 524 g/mol. The van der Waals surface area contributed by atoms with Crippen LogP contribution in [0.25, 0.3) is 0 Å². The van der Waals surface area contributed by atoms with E-state index in [-0.39, 0.29) is 44.1 Å². The molecule has 2 aromatic carbocycles. The molecule has 1 aromatic heterocycles. The van der Waals surface area contributed by atoms with E-state index in [1.54, 1.807) is 29.5 Å². The van der Waals surface area contributed by atoms with Crippen LogP contribution >= 0.6 is 11.3 Å². The molecule has 1 aliphatic rings. The summed E-state index contributed by atoms with van der Waals surface area (Å²) >= 11 is 1.68. The minimum atomic E-state index is -0.742. The fraction of sp³-hybridized carbons (Fsp3) is 0.345. The number of thiophene rings is 1. The minimum Gasteiger partial charge on any atom is -0.491 e. The smallest absolute Gasteiger partial charge is 0.237 e. The number of carbonyl (C=O) groups excluding carboxylic acids is 1. The van der Waals surface area contributed by atoms with Gasteiger partial charge in [-0.2, -0.15) is 0 Å². The Balaban J connectivity index is 1.36. The zero-order valence-corrected chi connectivity index (χ0v) is 21.6. The van der Waals surface area contributed by atoms with Gasteiger partial charge in [-0.25, -0.2) is 4.39 Å². The number of halogens is 1. The van der Waals surface area contributed by atoms with Crippen molar-refractivity contribution in [1.29, 1.82) is 0 Å². The number of nitrogens with zero attached hydrogens (tertiary/aromatic N) is 2. The number of hydrogen-bond acceptors (Lipinski definition) is 6. The van der Waals surface area contributed by atoms with Crippen molar-refractivity contribution in [2.75, 3.05) is 39.4 Å². The Bertz CT molecular complexity index is 1160. The Hall–Kier alpha value is -3.04. The molecule has 0 aliphatic carbocycles. The largest absolute Gasteiger partial charge is 0.491 e. The van der Waals surface area contributed by atoms with Crippen molar-refractivity contribution in [2.45, 2.75) is 25.2 Å². The first kappa shape index (κ1) is 27.0. The van der Waals surface area contributed by atoms with Gasteiger partial charge in [-0.15, -0.1) is 17.9 Å². The lowest BCUT2D eigenvalue weighted by atomic mass is 10.0. The van der Waals surface area contributed by atoms with E-state index in [2.05, 4.69) is 6.58 Å². The maximum atomic E-state index is 13.6. The Labute approximate surface area is 221 Å². The van der Waals surface area contributed by atoms with Crippen molar-refractivity contribution in [2.24, 2.45) is 0 Å². The van der Waals surface area contributed by atoms with Crippen LogP contribution in [-0.4, -0.2) is 66.3 Å². The molecule has 0 saturated carbocycles. The molecule has 4 rings (SSSR count). The Morgan fingerprint density at radius 3 is 2.86 bits per heavy atom. The van der Waals surface area contributed by atoms with E-state index in [0.717, 1.165) is 17.5 Å². The molecule has 1 amide bonds. The number of fused-ring (bicyclic) bond motifs is 1. The number of amides is 1. The summed E-state index contributed by atoms with van der Waals surface area (Å²) in [5.74, 6) is 0.0160. The van der Waals surface area contributed by atoms with Gasteiger partial charge in [0, 0.05) is 30.6 Å². The molecule has 3 aromatic rings. The van der Waals surface area contributed by atoms with Gasteiger partial charge < -0.3 is 19.5 Å². The third-order valence-electron chi connectivity index (χ3n) is 6.26. The van der Waals surface area contributed by atoms with Crippen LogP contribution in [0.15, 0.2) is 78.7 Å². The lowest BCUT2D eigenvalue weighted by Crippen LogP contribution is -2.48. The fourth-order valence-corrected chi connectivity index (χ4v) is 5.44. The highest BCUT2D eigenvalue weighted by Gasteiger charge is 2.33. The Morgan fingerprint density at radius 1 is 1.24 bits per heavy atom. The summed E-state index contributed by atoms with van der Waals surface area (Å²) in [5.41, 5.74) is 2.11. The van der Waals surface area contributed by atoms with Crippen LogP contribution in [0.5, 0.6) is 5.75 Å². The molecule has 8 heteroatoms. The first-order chi connectivity index (χ1) is 18.0. The molecular weight excluding hydrogens is 491 g/mol. The quantitative estimate of drug-likeness (QED) is 0.335. The summed E-state index contributed by atoms with van der Waals surface area (Å²) in [6.45, 7) is 6.09. The Morgan fingerprint density at radius 2 is 2.08 bits per heavy atom. The van der Waals surface area contributed by atoms with Gasteiger partial charge in [-0.3, -0.25) is 9.69 Å². The normalized spacial score (nSPS) is 15.9. The van der Waals surface area contributed by atoms with Crippen LogP contribution in [0, 0.1) is 5.82 Å². The predicted octanol–water partition coefficient (Wildman–Crippen LogP) is 4.46. The van der Waals surface area contributed by atoms with Crippen LogP contribution in [0.2, 0.25) is 0 Å². The second-order valence-electron chi connectivity index (χ2n) is 9.06. The molecule has 0 fully saturated rings. The maximum Gasteiger partial charge on any atom is 0.237 e. The van der Waals surface area contributed by atoms with Crippen molar-refractivity contribution < 1.29 is 23.8 Å². The molecule has 37 heavy (non-hydrogen) atoms. The number of aliphatic hydroxyl groups excluding tert-OH is 1. The fourth-order valence-electron chi connectivity index (χ4n) is 4.51. The van der Waals surface area contributed by atoms with Gasteiger partial charge in [0.15, 0.2) is 0 Å². The number of benzene rings is 2. The summed E-state index contributed by atoms with van der Waals surface area (Å²) in [7, 11) is 0. The van der Waals surface area contributed by atoms with Gasteiger partial charge in [0.1, 0.15) is 18.2 Å². The van der Waals surface area contributed by atoms with Crippen molar-refractivity contribution in [3.63, 3.8) is 0 Å². The van der Waals surface area contributed by atoms with Gasteiger partial charge in [0.05, 0.1) is 31.9 Å². The number of aliphatic hydroxyl groups is 1. The summed E-state index contributed by atoms with van der Waals surface area (Å²) in [6, 6.07) is 17.6. The Kier molecular flexibility index (Phi) is 9.85. The SMILES string of the molecule is C=CCN(CC(=O)N1CCc2sccc2[C@H]1COc1cccc(F)c1)C[C@@H](O)COCc1ccccc1. The average molecular weight is 525 g/mol. The molecule has 0 bridgehead atoms. The third kappa shape index (κ3) is 7.72. The molecule has 1 aliphatic heterocycles. The van der Waals surface area contributed by atoms with Crippen molar-refractivity contribution in [3.05, 3.63) is 101 Å². The van der Waals surface area contributed by atoms with Gasteiger partial charge in [-0.1, -0.05) is 42.5 Å². The summed E-state index contributed by atoms with van der Waals surface area (Å²) in [5, 5.41) is 12.6. The van der Waals surface area contributed by atoms with Crippen LogP contribution in [0.1, 0.15) is 22.0 Å². The average Bonchev–Trinajstić information content (AvgIpc) is 3.37. The van der Waals surface area contributed by atoms with E-state index >= 15 is 0 Å². The van der Waals surface area contributed by atoms with Crippen molar-refractivity contribution in [1.82, 2.24) is 9.80 Å². The molecule has 0 saturated heterocycles. The first-order valence-electron chi connectivity index (χ1n) is 12.4. The third-order valence-corrected chi connectivity index (χ3v) is 7.25. The lowest BCUT2D eigenvalue weighted by Gasteiger charge is -2.37. The van der Waals surface area contributed by atoms with E-state index in [0.29, 0.717) is 25.4 Å². The zero-order chi connectivity index (χ0) is 26.0. The van der Waals surface area contributed by atoms with E-state index < -0.39 is 6.10 Å². The molecule has 0 spiro atoms. The predicted molar refractivity (Wildman–Crippen MR) is 143 cm³/mol. The van der Waals surface area contributed by atoms with Crippen molar-refractivity contribution in [3.8, 4) is 5.75 Å². The molecule has 6 nitrogen and oxygen atoms in total. The summed E-state index contributed by atoms with van der Waals surface area (Å²) in [6.07, 6.45) is 1.77. The number of ether oxygens (including phenoxy) is 2. The van der Waals surface area contributed by atoms with Gasteiger partial charge >= 0.3 is 0 Å². The van der Waals surface area contributed by atoms with E-state index in [4.69, 9.17) is 9.47 Å². The molecule has 2 atom stereocenters.